The van der Waals surface area contributed by atoms with E-state index in [9.17, 15) is 34.8 Å². The molecule has 0 radical (unpaired) electrons. The van der Waals surface area contributed by atoms with E-state index in [0.29, 0.717) is 11.1 Å². The maximum Gasteiger partial charge on any atom is 0.255 e. The number of phenolic OH excluding ortho intramolecular Hbond substituents is 1. The van der Waals surface area contributed by atoms with Gasteiger partial charge < -0.3 is 31.9 Å². The van der Waals surface area contributed by atoms with E-state index in [4.69, 9.17) is 11.5 Å². The van der Waals surface area contributed by atoms with Gasteiger partial charge in [-0.1, -0.05) is 5.92 Å². The molecule has 0 heterocycles. The zero-order valence-electron chi connectivity index (χ0n) is 16.5. The number of aliphatic hydroxyl groups excluding tert-OH is 2. The van der Waals surface area contributed by atoms with E-state index in [1.165, 1.54) is 6.07 Å². The fourth-order valence-electron chi connectivity index (χ4n) is 5.00. The molecule has 3 aliphatic rings. The molecule has 1 fully saturated rings. The smallest absolute Gasteiger partial charge is 0.255 e. The average Bonchev–Trinajstić information content (AvgIpc) is 2.66. The molecular formula is C22H20N2O7. The van der Waals surface area contributed by atoms with Gasteiger partial charge in [0.25, 0.3) is 5.91 Å². The van der Waals surface area contributed by atoms with Crippen molar-refractivity contribution in [3.8, 4) is 17.6 Å². The average molecular weight is 424 g/mol. The Labute approximate surface area is 176 Å². The second kappa shape index (κ2) is 6.44. The van der Waals surface area contributed by atoms with Gasteiger partial charge in [-0.2, -0.15) is 0 Å². The molecule has 0 bridgehead atoms. The number of primary amides is 1. The number of carbonyl (C=O) groups is 3. The van der Waals surface area contributed by atoms with Gasteiger partial charge in [0.05, 0.1) is 11.1 Å². The van der Waals surface area contributed by atoms with Crippen molar-refractivity contribution in [3.63, 3.8) is 0 Å². The molecule has 1 aromatic carbocycles. The summed E-state index contributed by atoms with van der Waals surface area (Å²) in [6.45, 7) is 1.63. The van der Waals surface area contributed by atoms with Crippen LogP contribution in [0.5, 0.6) is 5.75 Å². The number of hydrogen-bond acceptors (Lipinski definition) is 8. The Morgan fingerprint density at radius 2 is 1.90 bits per heavy atom. The summed E-state index contributed by atoms with van der Waals surface area (Å²) in [7, 11) is 0. The third-order valence-corrected chi connectivity index (χ3v) is 6.39. The number of nitrogens with two attached hydrogens (primary N) is 2. The number of rotatable bonds is 1. The standard InChI is InChI=1S/C22H20N2O7/c1-2-3-9-4-5-12(25)15-11(9)6-10-7-21(24)8-13(26)16(20(23)30)19(29)22(21,31)18(28)14(10)17(15)27/h4-5,10,25,27,29,31H,6-8,24H2,1H3,(H2,23,30)/t10-,21+,22-/m0/s1. The van der Waals surface area contributed by atoms with E-state index in [-0.39, 0.29) is 29.7 Å². The van der Waals surface area contributed by atoms with E-state index in [0.717, 1.165) is 0 Å². The summed E-state index contributed by atoms with van der Waals surface area (Å²) >= 11 is 0. The third-order valence-electron chi connectivity index (χ3n) is 6.39. The molecule has 9 nitrogen and oxygen atoms in total. The van der Waals surface area contributed by atoms with Gasteiger partial charge in [-0.15, -0.1) is 5.92 Å². The minimum Gasteiger partial charge on any atom is -0.508 e. The number of Topliss-reactive ketones (excluding diaryl/α,β-unsaturated/α-hetero) is 2. The summed E-state index contributed by atoms with van der Waals surface area (Å²) in [6.07, 6.45) is -0.615. The SMILES string of the molecule is CC#Cc1ccc(O)c2c1C[C@H]1C[C@@]3(N)CC(=O)C(C(N)=O)=C(O)[C@@]3(O)C(=O)C1=C2O. The third kappa shape index (κ3) is 2.49. The van der Waals surface area contributed by atoms with Crippen LogP contribution in [-0.4, -0.2) is 49.0 Å². The van der Waals surface area contributed by atoms with Crippen LogP contribution in [0.3, 0.4) is 0 Å². The topological polar surface area (TPSA) is 184 Å². The Morgan fingerprint density at radius 3 is 2.52 bits per heavy atom. The Morgan fingerprint density at radius 1 is 1.23 bits per heavy atom. The lowest BCUT2D eigenvalue weighted by Gasteiger charge is -2.52. The molecular weight excluding hydrogens is 404 g/mol. The van der Waals surface area contributed by atoms with Gasteiger partial charge in [-0.3, -0.25) is 14.4 Å². The van der Waals surface area contributed by atoms with Gasteiger partial charge in [0.2, 0.25) is 11.4 Å². The highest BCUT2D eigenvalue weighted by atomic mass is 16.4. The largest absolute Gasteiger partial charge is 0.508 e. The Kier molecular flexibility index (Phi) is 4.29. The molecule has 1 aromatic rings. The maximum atomic E-state index is 13.4. The van der Waals surface area contributed by atoms with E-state index >= 15 is 0 Å². The van der Waals surface area contributed by atoms with Crippen LogP contribution in [0.15, 0.2) is 29.0 Å². The maximum absolute atomic E-state index is 13.4. The van der Waals surface area contributed by atoms with Crippen LogP contribution in [0.25, 0.3) is 5.76 Å². The number of amides is 1. The molecule has 0 unspecified atom stereocenters. The van der Waals surface area contributed by atoms with Gasteiger partial charge in [-0.25, -0.2) is 0 Å². The van der Waals surface area contributed by atoms with Crippen LogP contribution in [0.2, 0.25) is 0 Å². The highest BCUT2D eigenvalue weighted by molar-refractivity contribution is 6.23. The van der Waals surface area contributed by atoms with Crippen LogP contribution >= 0.6 is 0 Å². The normalized spacial score (nSPS) is 29.6. The Balaban J connectivity index is 2.00. The van der Waals surface area contributed by atoms with Crippen molar-refractivity contribution in [2.45, 2.75) is 37.3 Å². The van der Waals surface area contributed by atoms with Crippen molar-refractivity contribution >= 4 is 23.2 Å². The molecule has 8 N–H and O–H groups in total. The summed E-state index contributed by atoms with van der Waals surface area (Å²) in [4.78, 5) is 37.5. The van der Waals surface area contributed by atoms with Crippen molar-refractivity contribution in [1.29, 1.82) is 0 Å². The number of carbonyl (C=O) groups excluding carboxylic acids is 3. The zero-order valence-corrected chi connectivity index (χ0v) is 16.5. The van der Waals surface area contributed by atoms with E-state index in [1.807, 2.05) is 0 Å². The predicted molar refractivity (Wildman–Crippen MR) is 107 cm³/mol. The van der Waals surface area contributed by atoms with Crippen molar-refractivity contribution < 1.29 is 34.8 Å². The lowest BCUT2D eigenvalue weighted by atomic mass is 9.55. The summed E-state index contributed by atoms with van der Waals surface area (Å²) < 4.78 is 0. The first-order valence-electron chi connectivity index (χ1n) is 9.51. The molecule has 3 aliphatic carbocycles. The van der Waals surface area contributed by atoms with Gasteiger partial charge in [0.15, 0.2) is 11.5 Å². The van der Waals surface area contributed by atoms with Crippen LogP contribution in [-0.2, 0) is 20.8 Å². The zero-order chi connectivity index (χ0) is 22.9. The summed E-state index contributed by atoms with van der Waals surface area (Å²) in [6, 6.07) is 2.91. The van der Waals surface area contributed by atoms with Gasteiger partial charge in [0.1, 0.15) is 17.1 Å². The molecule has 0 aliphatic heterocycles. The highest BCUT2D eigenvalue weighted by Gasteiger charge is 2.67. The molecule has 160 valence electrons. The number of ketones is 2. The molecule has 1 amide bonds. The van der Waals surface area contributed by atoms with E-state index in [1.54, 1.807) is 13.0 Å². The van der Waals surface area contributed by atoms with Crippen LogP contribution in [0, 0.1) is 17.8 Å². The lowest BCUT2D eigenvalue weighted by Crippen LogP contribution is -2.73. The van der Waals surface area contributed by atoms with Crippen molar-refractivity contribution in [2.24, 2.45) is 17.4 Å². The molecule has 0 saturated heterocycles. The first-order valence-corrected chi connectivity index (χ1v) is 9.51. The van der Waals surface area contributed by atoms with E-state index in [2.05, 4.69) is 11.8 Å². The number of benzene rings is 1. The highest BCUT2D eigenvalue weighted by Crippen LogP contribution is 2.53. The summed E-state index contributed by atoms with van der Waals surface area (Å²) in [5.41, 5.74) is 6.60. The van der Waals surface area contributed by atoms with Gasteiger partial charge in [0, 0.05) is 17.6 Å². The molecule has 0 spiro atoms. The van der Waals surface area contributed by atoms with Crippen molar-refractivity contribution in [2.75, 3.05) is 0 Å². The van der Waals surface area contributed by atoms with Crippen LogP contribution in [0.4, 0.5) is 0 Å². The molecule has 4 rings (SSSR count). The molecule has 0 aromatic heterocycles. The molecule has 31 heavy (non-hydrogen) atoms. The molecule has 1 saturated carbocycles. The monoisotopic (exact) mass is 424 g/mol. The Bertz CT molecular complexity index is 1220. The number of hydrogen-bond donors (Lipinski definition) is 6. The lowest BCUT2D eigenvalue weighted by molar-refractivity contribution is -0.150. The van der Waals surface area contributed by atoms with Crippen molar-refractivity contribution in [1.82, 2.24) is 0 Å². The van der Waals surface area contributed by atoms with E-state index < -0.39 is 58.0 Å². The number of aromatic hydroxyl groups is 1. The Hall–Kier alpha value is -3.61. The van der Waals surface area contributed by atoms with Gasteiger partial charge >= 0.3 is 0 Å². The summed E-state index contributed by atoms with van der Waals surface area (Å²) in [5, 5.41) is 43.1. The van der Waals surface area contributed by atoms with Crippen LogP contribution < -0.4 is 11.5 Å². The minimum absolute atomic E-state index is 0.00143. The van der Waals surface area contributed by atoms with Crippen molar-refractivity contribution in [3.05, 3.63) is 45.7 Å². The predicted octanol–water partition coefficient (Wildman–Crippen LogP) is -0.123. The number of phenols is 1. The minimum atomic E-state index is -2.83. The molecule has 3 atom stereocenters. The fraction of sp³-hybridized carbons (Fsp3) is 0.318. The summed E-state index contributed by atoms with van der Waals surface area (Å²) in [5.74, 6) is -0.513. The second-order valence-electron chi connectivity index (χ2n) is 8.11. The fourth-order valence-corrected chi connectivity index (χ4v) is 5.00. The second-order valence-corrected chi connectivity index (χ2v) is 8.11. The molecule has 9 heteroatoms. The quantitative estimate of drug-likeness (QED) is 0.266. The first kappa shape index (κ1) is 20.7. The van der Waals surface area contributed by atoms with Crippen LogP contribution in [0.1, 0.15) is 36.5 Å². The number of aliphatic hydroxyl groups is 3. The van der Waals surface area contributed by atoms with Gasteiger partial charge in [-0.05, 0) is 43.4 Å². The first-order chi connectivity index (χ1) is 14.5. The number of fused-ring (bicyclic) bond motifs is 3.